The first-order valence-corrected chi connectivity index (χ1v) is 12.1. The number of aromatic nitrogens is 4. The van der Waals surface area contributed by atoms with Gasteiger partial charge in [-0.05, 0) is 48.5 Å². The van der Waals surface area contributed by atoms with Crippen LogP contribution in [0.15, 0.2) is 94.3 Å². The van der Waals surface area contributed by atoms with Gasteiger partial charge in [-0.2, -0.15) is 0 Å². The van der Waals surface area contributed by atoms with Gasteiger partial charge < -0.3 is 9.32 Å². The largest absolute Gasteiger partial charge is 0.416 e. The van der Waals surface area contributed by atoms with E-state index in [0.29, 0.717) is 55.7 Å². The van der Waals surface area contributed by atoms with E-state index in [1.807, 2.05) is 65.6 Å². The fraction of sp³-hybridized carbons (Fsp3) is 0.179. The normalized spacial score (nSPS) is 14.2. The highest BCUT2D eigenvalue weighted by Gasteiger charge is 2.23. The lowest BCUT2D eigenvalue weighted by molar-refractivity contribution is 0.0627. The van der Waals surface area contributed by atoms with Crippen LogP contribution in [0.4, 0.5) is 0 Å². The van der Waals surface area contributed by atoms with E-state index in [9.17, 15) is 9.59 Å². The van der Waals surface area contributed by atoms with E-state index in [1.54, 1.807) is 24.4 Å². The number of fused-ring (bicyclic) bond motifs is 1. The summed E-state index contributed by atoms with van der Waals surface area (Å²) >= 11 is 0. The number of rotatable bonds is 5. The average molecular weight is 493 g/mol. The molecule has 1 amide bonds. The fourth-order valence-corrected chi connectivity index (χ4v) is 4.50. The summed E-state index contributed by atoms with van der Waals surface area (Å²) in [5, 5.41) is 8.28. The highest BCUT2D eigenvalue weighted by Crippen LogP contribution is 2.24. The van der Waals surface area contributed by atoms with Crippen molar-refractivity contribution in [3.8, 4) is 22.9 Å². The van der Waals surface area contributed by atoms with Crippen LogP contribution in [0.2, 0.25) is 0 Å². The molecule has 2 aromatic carbocycles. The van der Waals surface area contributed by atoms with Crippen molar-refractivity contribution >= 4 is 11.6 Å². The van der Waals surface area contributed by atoms with Gasteiger partial charge in [0.25, 0.3) is 11.5 Å². The van der Waals surface area contributed by atoms with E-state index in [1.165, 1.54) is 4.40 Å². The predicted octanol–water partition coefficient (Wildman–Crippen LogP) is 3.37. The number of carbonyl (C=O) groups excluding carboxylic acids is 1. The number of hydrogen-bond donors (Lipinski definition) is 0. The fourth-order valence-electron chi connectivity index (χ4n) is 4.50. The third-order valence-electron chi connectivity index (χ3n) is 6.49. The summed E-state index contributed by atoms with van der Waals surface area (Å²) in [5.74, 6) is 0.856. The van der Waals surface area contributed by atoms with Crippen molar-refractivity contribution < 1.29 is 9.21 Å². The van der Waals surface area contributed by atoms with E-state index >= 15 is 0 Å². The molecule has 0 aliphatic carbocycles. The van der Waals surface area contributed by atoms with Crippen LogP contribution in [0.5, 0.6) is 0 Å². The molecular weight excluding hydrogens is 468 g/mol. The highest BCUT2D eigenvalue weighted by atomic mass is 16.4. The summed E-state index contributed by atoms with van der Waals surface area (Å²) in [6.45, 7) is 3.22. The van der Waals surface area contributed by atoms with Crippen LogP contribution < -0.4 is 5.56 Å². The first-order valence-electron chi connectivity index (χ1n) is 12.1. The molecule has 0 spiro atoms. The molecule has 0 N–H and O–H groups in total. The van der Waals surface area contributed by atoms with Crippen molar-refractivity contribution in [1.29, 1.82) is 0 Å². The zero-order valence-electron chi connectivity index (χ0n) is 20.0. The monoisotopic (exact) mass is 492 g/mol. The number of carbonyl (C=O) groups is 1. The molecule has 0 radical (unpaired) electrons. The van der Waals surface area contributed by atoms with E-state index in [2.05, 4.69) is 20.1 Å². The quantitative estimate of drug-likeness (QED) is 0.371. The number of pyridine rings is 1. The van der Waals surface area contributed by atoms with Gasteiger partial charge in [-0.3, -0.25) is 18.9 Å². The zero-order valence-corrected chi connectivity index (χ0v) is 20.0. The Labute approximate surface area is 212 Å². The maximum atomic E-state index is 13.1. The molecule has 1 aliphatic heterocycles. The van der Waals surface area contributed by atoms with Gasteiger partial charge in [0.2, 0.25) is 11.8 Å². The molecule has 5 aromatic rings. The van der Waals surface area contributed by atoms with Crippen molar-refractivity contribution in [3.05, 3.63) is 107 Å². The highest BCUT2D eigenvalue weighted by molar-refractivity contribution is 5.94. The molecule has 0 unspecified atom stereocenters. The van der Waals surface area contributed by atoms with Gasteiger partial charge in [-0.1, -0.05) is 24.3 Å². The standard InChI is InChI=1S/C28H24N6O3/c35-25-18-23(29-24-8-4-5-13-34(24)25)19-32-14-16-33(17-15-32)28(36)22-11-9-21(10-12-22)27-31-30-26(37-27)20-6-2-1-3-7-20/h1-13,18H,14-17,19H2. The van der Waals surface area contributed by atoms with E-state index in [0.717, 1.165) is 16.8 Å². The van der Waals surface area contributed by atoms with Crippen LogP contribution in [0, 0.1) is 0 Å². The summed E-state index contributed by atoms with van der Waals surface area (Å²) in [4.78, 5) is 34.1. The second kappa shape index (κ2) is 9.79. The average Bonchev–Trinajstić information content (AvgIpc) is 3.44. The first-order chi connectivity index (χ1) is 18.1. The number of piperazine rings is 1. The van der Waals surface area contributed by atoms with Crippen LogP contribution in [0.25, 0.3) is 28.6 Å². The minimum absolute atomic E-state index is 0.0104. The van der Waals surface area contributed by atoms with E-state index < -0.39 is 0 Å². The number of amides is 1. The molecule has 1 saturated heterocycles. The molecule has 1 aliphatic rings. The molecule has 6 rings (SSSR count). The predicted molar refractivity (Wildman–Crippen MR) is 138 cm³/mol. The van der Waals surface area contributed by atoms with Gasteiger partial charge in [0, 0.05) is 61.7 Å². The Hall–Kier alpha value is -4.63. The number of benzene rings is 2. The summed E-state index contributed by atoms with van der Waals surface area (Å²) in [5.41, 5.74) is 3.52. The molecule has 0 bridgehead atoms. The molecule has 9 nitrogen and oxygen atoms in total. The van der Waals surface area contributed by atoms with Crippen molar-refractivity contribution in [3.63, 3.8) is 0 Å². The van der Waals surface area contributed by atoms with Crippen LogP contribution >= 0.6 is 0 Å². The molecule has 9 heteroatoms. The van der Waals surface area contributed by atoms with Crippen LogP contribution in [0.1, 0.15) is 16.1 Å². The number of hydrogen-bond acceptors (Lipinski definition) is 7. The van der Waals surface area contributed by atoms with Gasteiger partial charge in [0.05, 0.1) is 5.69 Å². The Bertz CT molecular complexity index is 1600. The lowest BCUT2D eigenvalue weighted by Crippen LogP contribution is -2.48. The Morgan fingerprint density at radius 2 is 1.49 bits per heavy atom. The van der Waals surface area contributed by atoms with Gasteiger partial charge in [0.15, 0.2) is 0 Å². The summed E-state index contributed by atoms with van der Waals surface area (Å²) in [6, 6.07) is 23.9. The van der Waals surface area contributed by atoms with Gasteiger partial charge >= 0.3 is 0 Å². The van der Waals surface area contributed by atoms with Gasteiger partial charge in [-0.25, -0.2) is 4.98 Å². The second-order valence-electron chi connectivity index (χ2n) is 8.94. The lowest BCUT2D eigenvalue weighted by atomic mass is 10.1. The second-order valence-corrected chi connectivity index (χ2v) is 8.94. The minimum Gasteiger partial charge on any atom is -0.416 e. The Kier molecular flexibility index (Phi) is 6.03. The smallest absolute Gasteiger partial charge is 0.258 e. The summed E-state index contributed by atoms with van der Waals surface area (Å²) < 4.78 is 7.35. The molecule has 37 heavy (non-hydrogen) atoms. The summed E-state index contributed by atoms with van der Waals surface area (Å²) in [7, 11) is 0. The summed E-state index contributed by atoms with van der Waals surface area (Å²) in [6.07, 6.45) is 1.72. The Morgan fingerprint density at radius 1 is 0.811 bits per heavy atom. The van der Waals surface area contributed by atoms with Crippen molar-refractivity contribution in [2.24, 2.45) is 0 Å². The van der Waals surface area contributed by atoms with Crippen molar-refractivity contribution in [1.82, 2.24) is 29.4 Å². The lowest BCUT2D eigenvalue weighted by Gasteiger charge is -2.34. The van der Waals surface area contributed by atoms with Crippen molar-refractivity contribution in [2.45, 2.75) is 6.54 Å². The number of nitrogens with zero attached hydrogens (tertiary/aromatic N) is 6. The first kappa shape index (κ1) is 22.8. The molecule has 0 saturated carbocycles. The van der Waals surface area contributed by atoms with Crippen LogP contribution in [0.3, 0.4) is 0 Å². The molecule has 1 fully saturated rings. The molecule has 3 aromatic heterocycles. The van der Waals surface area contributed by atoms with Gasteiger partial charge in [-0.15, -0.1) is 10.2 Å². The SMILES string of the molecule is O=C(c1ccc(-c2nnc(-c3ccccc3)o2)cc1)N1CCN(Cc2cc(=O)n3ccccc3n2)CC1. The van der Waals surface area contributed by atoms with Crippen LogP contribution in [-0.4, -0.2) is 61.5 Å². The maximum absolute atomic E-state index is 13.1. The molecule has 4 heterocycles. The van der Waals surface area contributed by atoms with Crippen molar-refractivity contribution in [2.75, 3.05) is 26.2 Å². The van der Waals surface area contributed by atoms with E-state index in [4.69, 9.17) is 4.42 Å². The topological polar surface area (TPSA) is 96.8 Å². The zero-order chi connectivity index (χ0) is 25.2. The Morgan fingerprint density at radius 3 is 2.22 bits per heavy atom. The maximum Gasteiger partial charge on any atom is 0.258 e. The molecule has 0 atom stereocenters. The third-order valence-corrected chi connectivity index (χ3v) is 6.49. The van der Waals surface area contributed by atoms with E-state index in [-0.39, 0.29) is 11.5 Å². The molecule has 184 valence electrons. The molecular formula is C28H24N6O3. The van der Waals surface area contributed by atoms with Crippen LogP contribution in [-0.2, 0) is 6.54 Å². The van der Waals surface area contributed by atoms with Gasteiger partial charge in [0.1, 0.15) is 5.65 Å². The third kappa shape index (κ3) is 4.76. The Balaban J connectivity index is 1.08. The minimum atomic E-state index is -0.0883.